The molecule has 0 saturated carbocycles. The van der Waals surface area contributed by atoms with Gasteiger partial charge in [-0.3, -0.25) is 4.90 Å². The molecule has 0 unspecified atom stereocenters. The van der Waals surface area contributed by atoms with Crippen LogP contribution in [0.1, 0.15) is 31.4 Å². The van der Waals surface area contributed by atoms with Crippen LogP contribution in [0.25, 0.3) is 10.9 Å². The van der Waals surface area contributed by atoms with Crippen molar-refractivity contribution in [1.29, 1.82) is 0 Å². The van der Waals surface area contributed by atoms with E-state index in [-0.39, 0.29) is 0 Å². The van der Waals surface area contributed by atoms with E-state index in [0.717, 1.165) is 12.2 Å². The van der Waals surface area contributed by atoms with Crippen LogP contribution >= 0.6 is 0 Å². The van der Waals surface area contributed by atoms with Gasteiger partial charge in [0.1, 0.15) is 0 Å². The molecular formula is C16H23N3. The highest BCUT2D eigenvalue weighted by molar-refractivity contribution is 5.84. The minimum absolute atomic E-state index is 0.847. The van der Waals surface area contributed by atoms with E-state index < -0.39 is 0 Å². The lowest BCUT2D eigenvalue weighted by Crippen LogP contribution is -2.25. The molecule has 3 heteroatoms. The van der Waals surface area contributed by atoms with Crippen molar-refractivity contribution in [2.75, 3.05) is 18.8 Å². The first kappa shape index (κ1) is 12.5. The number of aryl methyl sites for hydroxylation is 1. The first-order valence-electron chi connectivity index (χ1n) is 7.30. The van der Waals surface area contributed by atoms with Crippen LogP contribution in [0.4, 0.5) is 5.69 Å². The van der Waals surface area contributed by atoms with Crippen LogP contribution in [0.5, 0.6) is 0 Å². The summed E-state index contributed by atoms with van der Waals surface area (Å²) in [6.45, 7) is 3.54. The molecule has 0 aliphatic carbocycles. The van der Waals surface area contributed by atoms with Crippen molar-refractivity contribution in [3.63, 3.8) is 0 Å². The SMILES string of the molecule is Cn1c(CN2CCCCCC2)cc2cc(N)ccc21. The Hall–Kier alpha value is -1.48. The van der Waals surface area contributed by atoms with Gasteiger partial charge in [0.05, 0.1) is 0 Å². The summed E-state index contributed by atoms with van der Waals surface area (Å²) in [7, 11) is 2.16. The Morgan fingerprint density at radius 3 is 2.53 bits per heavy atom. The molecule has 1 saturated heterocycles. The molecule has 2 aromatic rings. The third-order valence-electron chi connectivity index (χ3n) is 4.25. The fourth-order valence-electron chi connectivity index (χ4n) is 3.10. The van der Waals surface area contributed by atoms with E-state index in [4.69, 9.17) is 5.73 Å². The lowest BCUT2D eigenvalue weighted by Gasteiger charge is -2.20. The Morgan fingerprint density at radius 1 is 1.05 bits per heavy atom. The number of rotatable bonds is 2. The van der Waals surface area contributed by atoms with Gasteiger partial charge < -0.3 is 10.3 Å². The minimum Gasteiger partial charge on any atom is -0.399 e. The standard InChI is InChI=1S/C16H23N3/c1-18-15(12-19-8-4-2-3-5-9-19)11-13-10-14(17)6-7-16(13)18/h6-7,10-11H,2-5,8-9,12,17H2,1H3. The molecule has 19 heavy (non-hydrogen) atoms. The van der Waals surface area contributed by atoms with E-state index >= 15 is 0 Å². The highest BCUT2D eigenvalue weighted by atomic mass is 15.1. The summed E-state index contributed by atoms with van der Waals surface area (Å²) in [5.41, 5.74) is 9.38. The molecular weight excluding hydrogens is 234 g/mol. The Bertz CT molecular complexity index is 563. The molecule has 2 N–H and O–H groups in total. The molecule has 3 nitrogen and oxygen atoms in total. The Labute approximate surface area is 115 Å². The van der Waals surface area contributed by atoms with Crippen LogP contribution in [-0.2, 0) is 13.6 Å². The zero-order valence-electron chi connectivity index (χ0n) is 11.7. The number of nitrogen functional groups attached to an aromatic ring is 1. The number of aromatic nitrogens is 1. The van der Waals surface area contributed by atoms with E-state index in [9.17, 15) is 0 Å². The molecule has 0 radical (unpaired) electrons. The van der Waals surface area contributed by atoms with Gasteiger partial charge in [-0.15, -0.1) is 0 Å². The van der Waals surface area contributed by atoms with Crippen LogP contribution in [0.15, 0.2) is 24.3 Å². The molecule has 2 heterocycles. The number of anilines is 1. The van der Waals surface area contributed by atoms with Gasteiger partial charge in [-0.05, 0) is 50.2 Å². The number of likely N-dealkylation sites (tertiary alicyclic amines) is 1. The summed E-state index contributed by atoms with van der Waals surface area (Å²) >= 11 is 0. The molecule has 1 aromatic heterocycles. The molecule has 0 bridgehead atoms. The van der Waals surface area contributed by atoms with E-state index in [1.807, 2.05) is 6.07 Å². The molecule has 1 aliphatic heterocycles. The summed E-state index contributed by atoms with van der Waals surface area (Å²) in [6, 6.07) is 8.46. The summed E-state index contributed by atoms with van der Waals surface area (Å²) in [6.07, 6.45) is 5.47. The maximum Gasteiger partial charge on any atom is 0.0481 e. The highest BCUT2D eigenvalue weighted by Crippen LogP contribution is 2.23. The van der Waals surface area contributed by atoms with E-state index in [2.05, 4.69) is 34.7 Å². The topological polar surface area (TPSA) is 34.2 Å². The second-order valence-corrected chi connectivity index (χ2v) is 5.70. The van der Waals surface area contributed by atoms with Crippen molar-refractivity contribution < 1.29 is 0 Å². The third-order valence-corrected chi connectivity index (χ3v) is 4.25. The second-order valence-electron chi connectivity index (χ2n) is 5.70. The van der Waals surface area contributed by atoms with E-state index in [1.165, 1.54) is 55.4 Å². The molecule has 102 valence electrons. The first-order valence-corrected chi connectivity index (χ1v) is 7.30. The fraction of sp³-hybridized carbons (Fsp3) is 0.500. The van der Waals surface area contributed by atoms with Crippen LogP contribution in [0.2, 0.25) is 0 Å². The second kappa shape index (κ2) is 5.25. The zero-order valence-corrected chi connectivity index (χ0v) is 11.7. The maximum absolute atomic E-state index is 5.87. The maximum atomic E-state index is 5.87. The number of hydrogen-bond donors (Lipinski definition) is 1. The van der Waals surface area contributed by atoms with Crippen LogP contribution in [0.3, 0.4) is 0 Å². The van der Waals surface area contributed by atoms with E-state index in [1.54, 1.807) is 0 Å². The first-order chi connectivity index (χ1) is 9.24. The van der Waals surface area contributed by atoms with Gasteiger partial charge in [0.15, 0.2) is 0 Å². The molecule has 3 rings (SSSR count). The third kappa shape index (κ3) is 2.61. The van der Waals surface area contributed by atoms with E-state index in [0.29, 0.717) is 0 Å². The van der Waals surface area contributed by atoms with Crippen molar-refractivity contribution in [3.05, 3.63) is 30.0 Å². The summed E-state index contributed by atoms with van der Waals surface area (Å²) in [5, 5.41) is 1.26. The number of hydrogen-bond acceptors (Lipinski definition) is 2. The average Bonchev–Trinajstić information content (AvgIpc) is 2.58. The Morgan fingerprint density at radius 2 is 1.79 bits per heavy atom. The average molecular weight is 257 g/mol. The van der Waals surface area contributed by atoms with Crippen molar-refractivity contribution in [2.45, 2.75) is 32.2 Å². The van der Waals surface area contributed by atoms with Gasteiger partial charge in [-0.1, -0.05) is 12.8 Å². The molecule has 1 fully saturated rings. The van der Waals surface area contributed by atoms with Crippen LogP contribution < -0.4 is 5.73 Å². The molecule has 0 spiro atoms. The monoisotopic (exact) mass is 257 g/mol. The fourth-order valence-corrected chi connectivity index (χ4v) is 3.10. The van der Waals surface area contributed by atoms with Crippen molar-refractivity contribution in [3.8, 4) is 0 Å². The largest absolute Gasteiger partial charge is 0.399 e. The van der Waals surface area contributed by atoms with Gasteiger partial charge in [0.25, 0.3) is 0 Å². The zero-order chi connectivity index (χ0) is 13.2. The summed E-state index contributed by atoms with van der Waals surface area (Å²) in [4.78, 5) is 2.59. The van der Waals surface area contributed by atoms with Gasteiger partial charge >= 0.3 is 0 Å². The van der Waals surface area contributed by atoms with Crippen molar-refractivity contribution >= 4 is 16.6 Å². The Balaban J connectivity index is 1.85. The lowest BCUT2D eigenvalue weighted by molar-refractivity contribution is 0.271. The van der Waals surface area contributed by atoms with Crippen LogP contribution in [-0.4, -0.2) is 22.6 Å². The number of nitrogens with two attached hydrogens (primary N) is 1. The predicted octanol–water partition coefficient (Wildman–Crippen LogP) is 3.14. The minimum atomic E-state index is 0.847. The predicted molar refractivity (Wildman–Crippen MR) is 81.1 cm³/mol. The molecule has 1 aliphatic rings. The molecule has 0 atom stereocenters. The smallest absolute Gasteiger partial charge is 0.0481 e. The van der Waals surface area contributed by atoms with Crippen molar-refractivity contribution in [1.82, 2.24) is 9.47 Å². The number of nitrogens with zero attached hydrogens (tertiary/aromatic N) is 2. The lowest BCUT2D eigenvalue weighted by atomic mass is 10.2. The van der Waals surface area contributed by atoms with Crippen molar-refractivity contribution in [2.24, 2.45) is 7.05 Å². The van der Waals surface area contributed by atoms with Crippen LogP contribution in [0, 0.1) is 0 Å². The summed E-state index contributed by atoms with van der Waals surface area (Å²) in [5.74, 6) is 0. The number of benzene rings is 1. The quantitative estimate of drug-likeness (QED) is 0.839. The normalized spacial score (nSPS) is 17.7. The van der Waals surface area contributed by atoms with Gasteiger partial charge in [0.2, 0.25) is 0 Å². The number of fused-ring (bicyclic) bond motifs is 1. The van der Waals surface area contributed by atoms with Gasteiger partial charge in [-0.25, -0.2) is 0 Å². The van der Waals surface area contributed by atoms with Gasteiger partial charge in [0, 0.05) is 35.9 Å². The molecule has 1 aromatic carbocycles. The highest BCUT2D eigenvalue weighted by Gasteiger charge is 2.12. The summed E-state index contributed by atoms with van der Waals surface area (Å²) < 4.78 is 2.31. The van der Waals surface area contributed by atoms with Gasteiger partial charge in [-0.2, -0.15) is 0 Å². The Kier molecular flexibility index (Phi) is 3.47. The molecule has 0 amide bonds.